The Balaban J connectivity index is 2.04. The molecule has 0 bridgehead atoms. The fourth-order valence-corrected chi connectivity index (χ4v) is 2.55. The molecule has 0 amide bonds. The molecule has 2 saturated heterocycles. The van der Waals surface area contributed by atoms with E-state index in [1.54, 1.807) is 0 Å². The topological polar surface area (TPSA) is 169 Å². The summed E-state index contributed by atoms with van der Waals surface area (Å²) >= 11 is 0. The molecule has 22 heavy (non-hydrogen) atoms. The minimum atomic E-state index is -1.61. The van der Waals surface area contributed by atoms with E-state index in [2.05, 4.69) is 0 Å². The summed E-state index contributed by atoms with van der Waals surface area (Å²) in [5, 5.41) is 66.9. The van der Waals surface area contributed by atoms with Gasteiger partial charge < -0.3 is 50.0 Å². The first kappa shape index (κ1) is 17.9. The van der Waals surface area contributed by atoms with Gasteiger partial charge in [-0.05, 0) is 0 Å². The summed E-state index contributed by atoms with van der Waals surface area (Å²) in [7, 11) is 0. The number of rotatable bonds is 4. The molecule has 2 fully saturated rings. The second kappa shape index (κ2) is 7.45. The van der Waals surface area contributed by atoms with Crippen LogP contribution in [-0.4, -0.2) is 104 Å². The summed E-state index contributed by atoms with van der Waals surface area (Å²) in [5.41, 5.74) is 0. The number of hydrogen-bond acceptors (Lipinski definition) is 10. The highest BCUT2D eigenvalue weighted by Crippen LogP contribution is 2.27. The molecule has 9 atom stereocenters. The maximum Gasteiger partial charge on any atom is 0.187 e. The average Bonchev–Trinajstić information content (AvgIpc) is 2.50. The maximum atomic E-state index is 9.98. The van der Waals surface area contributed by atoms with Crippen molar-refractivity contribution in [2.45, 2.75) is 61.7 Å². The third-order valence-electron chi connectivity index (χ3n) is 3.86. The SMILES string of the molecule is OCC1OC(O)CC(OC2OC(CO)C(O)C(O)C2O)C1O. The molecular weight excluding hydrogens is 304 g/mol. The van der Waals surface area contributed by atoms with Crippen molar-refractivity contribution in [2.24, 2.45) is 0 Å². The van der Waals surface area contributed by atoms with E-state index in [0.29, 0.717) is 0 Å². The fraction of sp³-hybridized carbons (Fsp3) is 1.00. The Morgan fingerprint density at radius 2 is 1.36 bits per heavy atom. The van der Waals surface area contributed by atoms with E-state index in [9.17, 15) is 25.5 Å². The highest BCUT2D eigenvalue weighted by atomic mass is 16.7. The standard InChI is InChI=1S/C12H22O10/c13-2-5-8(16)4(1-7(15)20-5)21-12-11(19)10(18)9(17)6(3-14)22-12/h4-19H,1-3H2. The molecule has 10 nitrogen and oxygen atoms in total. The quantitative estimate of drug-likeness (QED) is 0.268. The van der Waals surface area contributed by atoms with E-state index in [-0.39, 0.29) is 6.42 Å². The number of aliphatic hydroxyl groups excluding tert-OH is 7. The lowest BCUT2D eigenvalue weighted by atomic mass is 9.98. The molecule has 2 heterocycles. The lowest BCUT2D eigenvalue weighted by Gasteiger charge is -2.43. The molecule has 0 spiro atoms. The molecule has 2 aliphatic rings. The predicted molar refractivity (Wildman–Crippen MR) is 67.2 cm³/mol. The van der Waals surface area contributed by atoms with Gasteiger partial charge in [0.15, 0.2) is 12.6 Å². The highest BCUT2D eigenvalue weighted by Gasteiger charge is 2.47. The molecule has 0 aromatic heterocycles. The number of hydrogen-bond donors (Lipinski definition) is 7. The van der Waals surface area contributed by atoms with Gasteiger partial charge in [0.25, 0.3) is 0 Å². The highest BCUT2D eigenvalue weighted by molar-refractivity contribution is 4.91. The number of aliphatic hydroxyl groups is 7. The third-order valence-corrected chi connectivity index (χ3v) is 3.86. The molecule has 9 unspecified atom stereocenters. The van der Waals surface area contributed by atoms with Crippen LogP contribution in [0.2, 0.25) is 0 Å². The Morgan fingerprint density at radius 1 is 0.773 bits per heavy atom. The van der Waals surface area contributed by atoms with Crippen molar-refractivity contribution < 1.29 is 50.0 Å². The van der Waals surface area contributed by atoms with Crippen LogP contribution < -0.4 is 0 Å². The Kier molecular flexibility index (Phi) is 6.07. The van der Waals surface area contributed by atoms with Gasteiger partial charge in [0.2, 0.25) is 0 Å². The zero-order valence-electron chi connectivity index (χ0n) is 11.7. The molecule has 2 aliphatic heterocycles. The summed E-state index contributed by atoms with van der Waals surface area (Å²) in [6, 6.07) is 0. The Hall–Kier alpha value is -0.400. The predicted octanol–water partition coefficient (Wildman–Crippen LogP) is -4.37. The van der Waals surface area contributed by atoms with Crippen LogP contribution >= 0.6 is 0 Å². The first-order chi connectivity index (χ1) is 10.4. The Labute approximate surface area is 126 Å². The second-order valence-corrected chi connectivity index (χ2v) is 5.41. The van der Waals surface area contributed by atoms with Crippen molar-refractivity contribution in [3.8, 4) is 0 Å². The van der Waals surface area contributed by atoms with E-state index in [4.69, 9.17) is 24.4 Å². The van der Waals surface area contributed by atoms with Crippen molar-refractivity contribution in [1.29, 1.82) is 0 Å². The normalized spacial score (nSPS) is 50.0. The van der Waals surface area contributed by atoms with Gasteiger partial charge in [0.05, 0.1) is 19.3 Å². The summed E-state index contributed by atoms with van der Waals surface area (Å²) in [6.45, 7) is -1.16. The van der Waals surface area contributed by atoms with Crippen LogP contribution in [-0.2, 0) is 14.2 Å². The summed E-state index contributed by atoms with van der Waals surface area (Å²) < 4.78 is 15.4. The van der Waals surface area contributed by atoms with Crippen LogP contribution in [0.4, 0.5) is 0 Å². The minimum absolute atomic E-state index is 0.146. The lowest BCUT2D eigenvalue weighted by Crippen LogP contribution is -2.61. The van der Waals surface area contributed by atoms with Crippen molar-refractivity contribution >= 4 is 0 Å². The smallest absolute Gasteiger partial charge is 0.187 e. The molecule has 0 aromatic carbocycles. The van der Waals surface area contributed by atoms with E-state index >= 15 is 0 Å². The van der Waals surface area contributed by atoms with E-state index in [1.165, 1.54) is 0 Å². The van der Waals surface area contributed by atoms with Crippen LogP contribution in [0.1, 0.15) is 6.42 Å². The zero-order chi connectivity index (χ0) is 16.4. The van der Waals surface area contributed by atoms with E-state index in [0.717, 1.165) is 0 Å². The maximum absolute atomic E-state index is 9.98. The van der Waals surface area contributed by atoms with Crippen LogP contribution in [0.5, 0.6) is 0 Å². The van der Waals surface area contributed by atoms with Crippen molar-refractivity contribution in [3.63, 3.8) is 0 Å². The van der Waals surface area contributed by atoms with Crippen LogP contribution in [0.15, 0.2) is 0 Å². The van der Waals surface area contributed by atoms with Gasteiger partial charge in [0.1, 0.15) is 36.6 Å². The van der Waals surface area contributed by atoms with Crippen LogP contribution in [0.25, 0.3) is 0 Å². The van der Waals surface area contributed by atoms with Crippen LogP contribution in [0, 0.1) is 0 Å². The van der Waals surface area contributed by atoms with Crippen molar-refractivity contribution in [1.82, 2.24) is 0 Å². The van der Waals surface area contributed by atoms with Crippen LogP contribution in [0.3, 0.4) is 0 Å². The Morgan fingerprint density at radius 3 is 1.95 bits per heavy atom. The molecule has 0 aliphatic carbocycles. The molecular formula is C12H22O10. The average molecular weight is 326 g/mol. The lowest BCUT2D eigenvalue weighted by molar-refractivity contribution is -0.336. The molecule has 0 aromatic rings. The van der Waals surface area contributed by atoms with Gasteiger partial charge in [-0.3, -0.25) is 0 Å². The largest absolute Gasteiger partial charge is 0.394 e. The van der Waals surface area contributed by atoms with Crippen molar-refractivity contribution in [2.75, 3.05) is 13.2 Å². The summed E-state index contributed by atoms with van der Waals surface area (Å²) in [5.74, 6) is 0. The van der Waals surface area contributed by atoms with Gasteiger partial charge in [-0.15, -0.1) is 0 Å². The molecule has 7 N–H and O–H groups in total. The van der Waals surface area contributed by atoms with Crippen molar-refractivity contribution in [3.05, 3.63) is 0 Å². The molecule has 10 heteroatoms. The Bertz CT molecular complexity index is 353. The van der Waals surface area contributed by atoms with E-state index in [1.807, 2.05) is 0 Å². The minimum Gasteiger partial charge on any atom is -0.394 e. The van der Waals surface area contributed by atoms with Gasteiger partial charge in [-0.25, -0.2) is 0 Å². The second-order valence-electron chi connectivity index (χ2n) is 5.41. The number of ether oxygens (including phenoxy) is 3. The van der Waals surface area contributed by atoms with Gasteiger partial charge in [0, 0.05) is 6.42 Å². The fourth-order valence-electron chi connectivity index (χ4n) is 2.55. The first-order valence-corrected chi connectivity index (χ1v) is 6.97. The third kappa shape index (κ3) is 3.57. The van der Waals surface area contributed by atoms with Gasteiger partial charge in [-0.2, -0.15) is 0 Å². The summed E-state index contributed by atoms with van der Waals surface area (Å²) in [4.78, 5) is 0. The zero-order valence-corrected chi connectivity index (χ0v) is 11.7. The van der Waals surface area contributed by atoms with Gasteiger partial charge in [-0.1, -0.05) is 0 Å². The van der Waals surface area contributed by atoms with E-state index < -0.39 is 68.5 Å². The molecule has 130 valence electrons. The van der Waals surface area contributed by atoms with Gasteiger partial charge >= 0.3 is 0 Å². The molecule has 2 rings (SSSR count). The summed E-state index contributed by atoms with van der Waals surface area (Å²) in [6.07, 6.45) is -12.1. The molecule has 0 saturated carbocycles. The molecule has 0 radical (unpaired) electrons. The monoisotopic (exact) mass is 326 g/mol. The first-order valence-electron chi connectivity index (χ1n) is 6.97.